The van der Waals surface area contributed by atoms with Gasteiger partial charge in [0.25, 0.3) is 0 Å². The summed E-state index contributed by atoms with van der Waals surface area (Å²) in [6, 6.07) is 9.67. The van der Waals surface area contributed by atoms with Gasteiger partial charge in [0.05, 0.1) is 10.7 Å². The molecule has 0 spiro atoms. The van der Waals surface area contributed by atoms with Crippen molar-refractivity contribution in [2.45, 2.75) is 45.7 Å². The molecular weight excluding hydrogens is 252 g/mol. The Morgan fingerprint density at radius 2 is 2.11 bits per heavy atom. The van der Waals surface area contributed by atoms with Gasteiger partial charge >= 0.3 is 0 Å². The van der Waals surface area contributed by atoms with Gasteiger partial charge < -0.3 is 5.32 Å². The summed E-state index contributed by atoms with van der Waals surface area (Å²) in [5.41, 5.74) is 4.16. The van der Waals surface area contributed by atoms with Crippen LogP contribution in [0.25, 0.3) is 0 Å². The second kappa shape index (κ2) is 5.06. The van der Waals surface area contributed by atoms with E-state index in [1.807, 2.05) is 11.3 Å². The molecule has 0 radical (unpaired) electrons. The van der Waals surface area contributed by atoms with Gasteiger partial charge in [0.15, 0.2) is 0 Å². The summed E-state index contributed by atoms with van der Waals surface area (Å²) >= 11 is 1.81. The molecule has 0 bridgehead atoms. The summed E-state index contributed by atoms with van der Waals surface area (Å²) in [4.78, 5) is 5.91. The number of aryl methyl sites for hydroxylation is 3. The number of benzene rings is 1. The molecule has 0 saturated carbocycles. The highest BCUT2D eigenvalue weighted by Crippen LogP contribution is 2.34. The van der Waals surface area contributed by atoms with Crippen LogP contribution in [0.4, 0.5) is 0 Å². The largest absolute Gasteiger partial charge is 0.302 e. The molecule has 2 aromatic rings. The lowest BCUT2D eigenvalue weighted by molar-refractivity contribution is 0.468. The first-order chi connectivity index (χ1) is 9.15. The third-order valence-corrected chi connectivity index (χ3v) is 5.17. The predicted octanol–water partition coefficient (Wildman–Crippen LogP) is 4.10. The lowest BCUT2D eigenvalue weighted by atomic mass is 10.1. The fourth-order valence-corrected chi connectivity index (χ4v) is 4.00. The molecule has 0 saturated heterocycles. The second-order valence-corrected chi connectivity index (χ2v) is 6.60. The van der Waals surface area contributed by atoms with Crippen molar-refractivity contribution in [3.05, 3.63) is 51.0 Å². The smallest absolute Gasteiger partial charge is 0.0900 e. The maximum atomic E-state index is 4.53. The predicted molar refractivity (Wildman–Crippen MR) is 80.6 cm³/mol. The Balaban J connectivity index is 1.78. The molecule has 1 aliphatic rings. The first-order valence-corrected chi connectivity index (χ1v) is 7.74. The van der Waals surface area contributed by atoms with E-state index in [4.69, 9.17) is 0 Å². The highest BCUT2D eigenvalue weighted by Gasteiger charge is 2.24. The van der Waals surface area contributed by atoms with Crippen molar-refractivity contribution in [2.24, 2.45) is 0 Å². The van der Waals surface area contributed by atoms with Crippen LogP contribution in [0.1, 0.15) is 52.1 Å². The molecule has 3 rings (SSSR count). The molecule has 1 aromatic heterocycles. The summed E-state index contributed by atoms with van der Waals surface area (Å²) < 4.78 is 0. The summed E-state index contributed by atoms with van der Waals surface area (Å²) in [7, 11) is 0. The van der Waals surface area contributed by atoms with Gasteiger partial charge in [-0.05, 0) is 44.7 Å². The lowest BCUT2D eigenvalue weighted by Gasteiger charge is -2.20. The molecule has 19 heavy (non-hydrogen) atoms. The highest BCUT2D eigenvalue weighted by molar-refractivity contribution is 7.11. The second-order valence-electron chi connectivity index (χ2n) is 5.36. The first kappa shape index (κ1) is 12.8. The quantitative estimate of drug-likeness (QED) is 0.910. The van der Waals surface area contributed by atoms with E-state index in [1.165, 1.54) is 34.5 Å². The minimum Gasteiger partial charge on any atom is -0.302 e. The monoisotopic (exact) mass is 272 g/mol. The molecule has 0 aliphatic heterocycles. The Morgan fingerprint density at radius 3 is 2.84 bits per heavy atom. The number of nitrogens with zero attached hydrogens (tertiary/aromatic N) is 1. The molecule has 100 valence electrons. The minimum atomic E-state index is 0.377. The van der Waals surface area contributed by atoms with Crippen LogP contribution in [0.3, 0.4) is 0 Å². The maximum absolute atomic E-state index is 4.53. The van der Waals surface area contributed by atoms with Crippen LogP contribution in [0.2, 0.25) is 0 Å². The van der Waals surface area contributed by atoms with Crippen LogP contribution < -0.4 is 5.32 Å². The van der Waals surface area contributed by atoms with Crippen LogP contribution in [0.5, 0.6) is 0 Å². The Labute approximate surface area is 118 Å². The molecule has 1 N–H and O–H groups in total. The van der Waals surface area contributed by atoms with Gasteiger partial charge in [-0.1, -0.05) is 24.3 Å². The highest BCUT2D eigenvalue weighted by atomic mass is 32.1. The Kier molecular flexibility index (Phi) is 3.42. The Bertz CT molecular complexity index is 588. The standard InChI is InChI=1S/C16H20N2S/c1-10-16(19-12(3)17-10)11(2)18-15-9-8-13-6-4-5-7-14(13)15/h4-7,11,15,18H,8-9H2,1-3H3. The van der Waals surface area contributed by atoms with Crippen LogP contribution >= 0.6 is 11.3 Å². The van der Waals surface area contributed by atoms with Crippen molar-refractivity contribution >= 4 is 11.3 Å². The summed E-state index contributed by atoms with van der Waals surface area (Å²) in [5.74, 6) is 0. The zero-order valence-electron chi connectivity index (χ0n) is 11.7. The van der Waals surface area contributed by atoms with E-state index < -0.39 is 0 Å². The normalized spacial score (nSPS) is 19.4. The van der Waals surface area contributed by atoms with E-state index in [2.05, 4.69) is 55.3 Å². The summed E-state index contributed by atoms with van der Waals surface area (Å²) in [5, 5.41) is 4.94. The average Bonchev–Trinajstić information content (AvgIpc) is 2.94. The molecule has 1 aromatic carbocycles. The SMILES string of the molecule is Cc1nc(C)c(C(C)NC2CCc3ccccc32)s1. The van der Waals surface area contributed by atoms with E-state index in [1.54, 1.807) is 0 Å². The van der Waals surface area contributed by atoms with Crippen molar-refractivity contribution in [1.29, 1.82) is 0 Å². The topological polar surface area (TPSA) is 24.9 Å². The number of thiazole rings is 1. The number of aromatic nitrogens is 1. The summed E-state index contributed by atoms with van der Waals surface area (Å²) in [6.45, 7) is 6.44. The van der Waals surface area contributed by atoms with Crippen LogP contribution in [-0.2, 0) is 6.42 Å². The van der Waals surface area contributed by atoms with Gasteiger partial charge in [0.2, 0.25) is 0 Å². The molecule has 2 atom stereocenters. The molecule has 1 aliphatic carbocycles. The molecule has 1 heterocycles. The van der Waals surface area contributed by atoms with Gasteiger partial charge in [-0.2, -0.15) is 0 Å². The van der Waals surface area contributed by atoms with Gasteiger partial charge in [0, 0.05) is 17.0 Å². The molecule has 0 amide bonds. The number of fused-ring (bicyclic) bond motifs is 1. The zero-order valence-corrected chi connectivity index (χ0v) is 12.6. The van der Waals surface area contributed by atoms with Crippen LogP contribution in [-0.4, -0.2) is 4.98 Å². The third-order valence-electron chi connectivity index (χ3n) is 3.92. The van der Waals surface area contributed by atoms with E-state index in [9.17, 15) is 0 Å². The van der Waals surface area contributed by atoms with Crippen molar-refractivity contribution in [1.82, 2.24) is 10.3 Å². The van der Waals surface area contributed by atoms with Gasteiger partial charge in [-0.3, -0.25) is 0 Å². The fraction of sp³-hybridized carbons (Fsp3) is 0.438. The lowest BCUT2D eigenvalue weighted by Crippen LogP contribution is -2.22. The third kappa shape index (κ3) is 2.45. The first-order valence-electron chi connectivity index (χ1n) is 6.93. The fourth-order valence-electron chi connectivity index (χ4n) is 3.06. The summed E-state index contributed by atoms with van der Waals surface area (Å²) in [6.07, 6.45) is 2.40. The van der Waals surface area contributed by atoms with Gasteiger partial charge in [-0.15, -0.1) is 11.3 Å². The average molecular weight is 272 g/mol. The maximum Gasteiger partial charge on any atom is 0.0900 e. The number of hydrogen-bond donors (Lipinski definition) is 1. The van der Waals surface area contributed by atoms with Crippen molar-refractivity contribution < 1.29 is 0 Å². The number of nitrogens with one attached hydrogen (secondary N) is 1. The Hall–Kier alpha value is -1.19. The molecule has 2 nitrogen and oxygen atoms in total. The van der Waals surface area contributed by atoms with Crippen LogP contribution in [0.15, 0.2) is 24.3 Å². The molecule has 0 fully saturated rings. The van der Waals surface area contributed by atoms with E-state index in [0.29, 0.717) is 12.1 Å². The van der Waals surface area contributed by atoms with Gasteiger partial charge in [-0.25, -0.2) is 4.98 Å². The van der Waals surface area contributed by atoms with E-state index >= 15 is 0 Å². The molecule has 2 unspecified atom stereocenters. The van der Waals surface area contributed by atoms with Crippen LogP contribution in [0, 0.1) is 13.8 Å². The molecular formula is C16H20N2S. The Morgan fingerprint density at radius 1 is 1.32 bits per heavy atom. The van der Waals surface area contributed by atoms with E-state index in [0.717, 1.165) is 5.01 Å². The van der Waals surface area contributed by atoms with Gasteiger partial charge in [0.1, 0.15) is 0 Å². The van der Waals surface area contributed by atoms with Crippen molar-refractivity contribution in [2.75, 3.05) is 0 Å². The minimum absolute atomic E-state index is 0.377. The number of hydrogen-bond acceptors (Lipinski definition) is 3. The number of rotatable bonds is 3. The zero-order chi connectivity index (χ0) is 13.4. The van der Waals surface area contributed by atoms with E-state index in [-0.39, 0.29) is 0 Å². The van der Waals surface area contributed by atoms with Crippen molar-refractivity contribution in [3.63, 3.8) is 0 Å². The molecule has 3 heteroatoms. The van der Waals surface area contributed by atoms with Crippen molar-refractivity contribution in [3.8, 4) is 0 Å².